The number of nitrogens with zero attached hydrogens (tertiary/aromatic N) is 2. The predicted octanol–water partition coefficient (Wildman–Crippen LogP) is 3.97. The van der Waals surface area contributed by atoms with Gasteiger partial charge in [0.1, 0.15) is 0 Å². The summed E-state index contributed by atoms with van der Waals surface area (Å²) in [6.07, 6.45) is 5.94. The zero-order valence-electron chi connectivity index (χ0n) is 24.4. The van der Waals surface area contributed by atoms with Gasteiger partial charge >= 0.3 is 17.8 Å². The fourth-order valence-corrected chi connectivity index (χ4v) is 5.04. The molecule has 0 radical (unpaired) electrons. The van der Waals surface area contributed by atoms with E-state index in [2.05, 4.69) is 10.9 Å². The summed E-state index contributed by atoms with van der Waals surface area (Å²) in [6, 6.07) is 17.3. The molecule has 2 aliphatic rings. The van der Waals surface area contributed by atoms with Gasteiger partial charge in [-0.1, -0.05) is 86.7 Å². The van der Waals surface area contributed by atoms with E-state index in [9.17, 15) is 24.0 Å². The highest BCUT2D eigenvalue weighted by Gasteiger charge is 2.47. The number of rotatable bonds is 13. The van der Waals surface area contributed by atoms with Crippen LogP contribution in [-0.4, -0.2) is 52.5 Å². The van der Waals surface area contributed by atoms with E-state index in [1.54, 1.807) is 36.4 Å². The minimum absolute atomic E-state index is 0.0204. The van der Waals surface area contributed by atoms with Crippen molar-refractivity contribution < 1.29 is 33.5 Å². The van der Waals surface area contributed by atoms with Crippen molar-refractivity contribution in [3.05, 3.63) is 77.9 Å². The molecule has 2 fully saturated rings. The zero-order valence-corrected chi connectivity index (χ0v) is 24.4. The van der Waals surface area contributed by atoms with Crippen LogP contribution >= 0.6 is 0 Å². The predicted molar refractivity (Wildman–Crippen MR) is 157 cm³/mol. The maximum Gasteiger partial charge on any atom is 0.353 e. The van der Waals surface area contributed by atoms with Crippen LogP contribution in [0.3, 0.4) is 0 Å². The van der Waals surface area contributed by atoms with E-state index < -0.39 is 47.8 Å². The van der Waals surface area contributed by atoms with E-state index >= 15 is 0 Å². The molecule has 2 aromatic rings. The van der Waals surface area contributed by atoms with E-state index in [4.69, 9.17) is 9.57 Å². The van der Waals surface area contributed by atoms with Gasteiger partial charge in [0.2, 0.25) is 11.8 Å². The van der Waals surface area contributed by atoms with Crippen LogP contribution in [-0.2, 0) is 35.3 Å². The van der Waals surface area contributed by atoms with Crippen molar-refractivity contribution in [2.75, 3.05) is 6.61 Å². The van der Waals surface area contributed by atoms with E-state index in [0.29, 0.717) is 23.6 Å². The molecule has 11 heteroatoms. The molecule has 0 bridgehead atoms. The molecule has 0 saturated carbocycles. The first-order valence-electron chi connectivity index (χ1n) is 14.6. The summed E-state index contributed by atoms with van der Waals surface area (Å²) in [5.74, 6) is -5.38. The smallest absolute Gasteiger partial charge is 0.350 e. The molecule has 6 amide bonds. The quantitative estimate of drug-likeness (QED) is 0.205. The lowest BCUT2D eigenvalue weighted by Crippen LogP contribution is -2.52. The van der Waals surface area contributed by atoms with E-state index in [0.717, 1.165) is 23.3 Å². The number of imide groups is 2. The fourth-order valence-electron chi connectivity index (χ4n) is 5.04. The molecule has 2 aliphatic heterocycles. The number of hydrazine groups is 1. The molecule has 0 aromatic heterocycles. The van der Waals surface area contributed by atoms with Gasteiger partial charge in [-0.2, -0.15) is 5.01 Å². The highest BCUT2D eigenvalue weighted by Crippen LogP contribution is 2.27. The van der Waals surface area contributed by atoms with Crippen LogP contribution in [0.2, 0.25) is 0 Å². The lowest BCUT2D eigenvalue weighted by Gasteiger charge is -2.28. The maximum atomic E-state index is 13.7. The third-order valence-electron chi connectivity index (χ3n) is 7.27. The summed E-state index contributed by atoms with van der Waals surface area (Å²) in [4.78, 5) is 72.1. The van der Waals surface area contributed by atoms with Crippen LogP contribution in [0.1, 0.15) is 57.1 Å². The number of hydroxylamine groups is 1. The van der Waals surface area contributed by atoms with E-state index in [1.807, 2.05) is 50.3 Å². The Labute approximate surface area is 251 Å². The lowest BCUT2D eigenvalue weighted by atomic mass is 9.82. The van der Waals surface area contributed by atoms with E-state index in [1.165, 1.54) is 0 Å². The Morgan fingerprint density at radius 2 is 1.65 bits per heavy atom. The monoisotopic (exact) mass is 590 g/mol. The summed E-state index contributed by atoms with van der Waals surface area (Å²) in [5, 5.41) is 0.433. The third-order valence-corrected chi connectivity index (χ3v) is 7.27. The summed E-state index contributed by atoms with van der Waals surface area (Å²) in [5.41, 5.74) is 6.38. The number of amides is 6. The minimum Gasteiger partial charge on any atom is -0.350 e. The molecule has 2 heterocycles. The molecule has 0 spiro atoms. The lowest BCUT2D eigenvalue weighted by molar-refractivity contribution is -0.203. The van der Waals surface area contributed by atoms with Crippen LogP contribution < -0.4 is 10.9 Å². The molecule has 2 aromatic carbocycles. The molecule has 2 saturated heterocycles. The largest absolute Gasteiger partial charge is 0.353 e. The molecular weight excluding hydrogens is 552 g/mol. The summed E-state index contributed by atoms with van der Waals surface area (Å²) in [7, 11) is 0. The van der Waals surface area contributed by atoms with Crippen molar-refractivity contribution >= 4 is 35.7 Å². The number of ether oxygens (including phenoxy) is 1. The molecule has 3 atom stereocenters. The fraction of sp³-hybridized carbons (Fsp3) is 0.406. The van der Waals surface area contributed by atoms with Crippen molar-refractivity contribution in [3.63, 3.8) is 0 Å². The SMILES string of the molecule is CC(C)C[C@@H](C(=O)NN1C(=O)C(=O)N(Cc2ccccc2)C1=O)[C@H](C/C=C/c1ccccc1)C(=O)NOC1CCCCO1. The molecule has 1 unspecified atom stereocenters. The van der Waals surface area contributed by atoms with Crippen molar-refractivity contribution in [1.29, 1.82) is 0 Å². The molecule has 43 heavy (non-hydrogen) atoms. The number of hydrogen-bond acceptors (Lipinski definition) is 7. The number of allylic oxidation sites excluding steroid dienone is 1. The van der Waals surface area contributed by atoms with Crippen molar-refractivity contribution in [2.24, 2.45) is 17.8 Å². The number of carbonyl (C=O) groups excluding carboxylic acids is 5. The maximum absolute atomic E-state index is 13.7. The Hall–Kier alpha value is -4.35. The van der Waals surface area contributed by atoms with Crippen LogP contribution in [0.4, 0.5) is 4.79 Å². The second-order valence-corrected chi connectivity index (χ2v) is 11.0. The Morgan fingerprint density at radius 3 is 2.30 bits per heavy atom. The second-order valence-electron chi connectivity index (χ2n) is 11.0. The van der Waals surface area contributed by atoms with Crippen LogP contribution in [0.25, 0.3) is 6.08 Å². The first-order chi connectivity index (χ1) is 20.7. The number of benzene rings is 2. The molecular formula is C32H38N4O7. The highest BCUT2D eigenvalue weighted by atomic mass is 16.8. The number of carbonyl (C=O) groups is 5. The summed E-state index contributed by atoms with van der Waals surface area (Å²) >= 11 is 0. The summed E-state index contributed by atoms with van der Waals surface area (Å²) < 4.78 is 5.55. The van der Waals surface area contributed by atoms with Gasteiger partial charge < -0.3 is 4.74 Å². The van der Waals surface area contributed by atoms with Gasteiger partial charge in [0.05, 0.1) is 18.4 Å². The Morgan fingerprint density at radius 1 is 0.953 bits per heavy atom. The van der Waals surface area contributed by atoms with Crippen molar-refractivity contribution in [2.45, 2.75) is 58.8 Å². The van der Waals surface area contributed by atoms with Gasteiger partial charge in [0, 0.05) is 13.0 Å². The number of nitrogens with one attached hydrogen (secondary N) is 2. The molecule has 2 N–H and O–H groups in total. The van der Waals surface area contributed by atoms with Gasteiger partial charge in [0.15, 0.2) is 6.29 Å². The summed E-state index contributed by atoms with van der Waals surface area (Å²) in [6.45, 7) is 4.21. The Bertz CT molecular complexity index is 1310. The topological polar surface area (TPSA) is 134 Å². The molecule has 0 aliphatic carbocycles. The first-order valence-corrected chi connectivity index (χ1v) is 14.6. The molecule has 11 nitrogen and oxygen atoms in total. The van der Waals surface area contributed by atoms with Crippen molar-refractivity contribution in [1.82, 2.24) is 20.8 Å². The minimum atomic E-state index is -1.17. The molecule has 4 rings (SSSR count). The Kier molecular flexibility index (Phi) is 11.2. The third kappa shape index (κ3) is 8.59. The second kappa shape index (κ2) is 15.2. The van der Waals surface area contributed by atoms with Gasteiger partial charge in [-0.05, 0) is 42.7 Å². The van der Waals surface area contributed by atoms with Crippen LogP contribution in [0, 0.1) is 17.8 Å². The Balaban J connectivity index is 1.52. The van der Waals surface area contributed by atoms with Crippen molar-refractivity contribution in [3.8, 4) is 0 Å². The van der Waals surface area contributed by atoms with Crippen LogP contribution in [0.5, 0.6) is 0 Å². The number of urea groups is 1. The normalized spacial score (nSPS) is 18.8. The zero-order chi connectivity index (χ0) is 30.8. The highest BCUT2D eigenvalue weighted by molar-refractivity contribution is 6.44. The number of hydrogen-bond donors (Lipinski definition) is 2. The average Bonchev–Trinajstić information content (AvgIpc) is 3.21. The van der Waals surface area contributed by atoms with Crippen LogP contribution in [0.15, 0.2) is 66.7 Å². The average molecular weight is 591 g/mol. The van der Waals surface area contributed by atoms with Gasteiger partial charge in [-0.15, -0.1) is 0 Å². The van der Waals surface area contributed by atoms with Gasteiger partial charge in [-0.25, -0.2) is 20.0 Å². The molecule has 228 valence electrons. The van der Waals surface area contributed by atoms with Gasteiger partial charge in [0.25, 0.3) is 0 Å². The standard InChI is InChI=1S/C32H38N4O7/c1-22(2)20-26(28(37)33-36-31(40)30(39)35(32(36)41)21-24-14-7-4-8-15-24)25(17-11-16-23-12-5-3-6-13-23)29(38)34-43-27-18-9-10-19-42-27/h3-8,11-16,22,25-27H,9-10,17-21H2,1-2H3,(H,33,37)(H,34,38)/b16-11+/t25-,26+,27?/m0/s1. The van der Waals surface area contributed by atoms with E-state index in [-0.39, 0.29) is 25.3 Å². The van der Waals surface area contributed by atoms with Gasteiger partial charge in [-0.3, -0.25) is 24.6 Å². The first kappa shape index (κ1) is 31.6.